The van der Waals surface area contributed by atoms with Crippen LogP contribution in [-0.2, 0) is 17.6 Å². The molecule has 0 bridgehead atoms. The van der Waals surface area contributed by atoms with Gasteiger partial charge in [0.15, 0.2) is 0 Å². The van der Waals surface area contributed by atoms with Crippen molar-refractivity contribution in [2.45, 2.75) is 121 Å². The highest BCUT2D eigenvalue weighted by Gasteiger charge is 2.57. The van der Waals surface area contributed by atoms with E-state index in [1.165, 1.54) is 11.1 Å². The van der Waals surface area contributed by atoms with E-state index in [9.17, 15) is 36.7 Å². The first-order valence-corrected chi connectivity index (χ1v) is 17.8. The van der Waals surface area contributed by atoms with Crippen molar-refractivity contribution in [2.75, 3.05) is 24.6 Å². The van der Waals surface area contributed by atoms with Crippen molar-refractivity contribution in [1.82, 2.24) is 4.90 Å². The van der Waals surface area contributed by atoms with Crippen LogP contribution in [0.5, 0.6) is 5.75 Å². The van der Waals surface area contributed by atoms with Crippen LogP contribution in [0.3, 0.4) is 0 Å². The van der Waals surface area contributed by atoms with E-state index >= 15 is 0 Å². The van der Waals surface area contributed by atoms with E-state index in [4.69, 9.17) is 0 Å². The number of benzene rings is 1. The number of unbranched alkanes of at least 4 members (excludes halogenated alkanes) is 2. The van der Waals surface area contributed by atoms with Crippen molar-refractivity contribution in [1.29, 1.82) is 0 Å². The normalized spacial score (nSPS) is 33.7. The number of likely N-dealkylation sites (tertiary alicyclic amines) is 1. The molecule has 8 atom stereocenters. The van der Waals surface area contributed by atoms with Crippen LogP contribution in [0.2, 0.25) is 0 Å². The number of hydrogen-bond donors (Lipinski definition) is 2. The van der Waals surface area contributed by atoms with Crippen molar-refractivity contribution in [3.05, 3.63) is 29.3 Å². The molecule has 0 amide bonds. The number of rotatable bonds is 12. The summed E-state index contributed by atoms with van der Waals surface area (Å²) in [6.45, 7) is 4.09. The predicted octanol–water partition coefficient (Wildman–Crippen LogP) is 7.59. The molecule has 0 radical (unpaired) electrons. The summed E-state index contributed by atoms with van der Waals surface area (Å²) in [5.41, 5.74) is 2.68. The number of nitrogens with zero attached hydrogens (tertiary/aromatic N) is 1. The molecule has 0 spiro atoms. The van der Waals surface area contributed by atoms with Gasteiger partial charge in [-0.15, -0.1) is 0 Å². The van der Waals surface area contributed by atoms with Crippen LogP contribution in [0.15, 0.2) is 18.2 Å². The van der Waals surface area contributed by atoms with Crippen molar-refractivity contribution >= 4 is 11.2 Å². The lowest BCUT2D eigenvalue weighted by Crippen LogP contribution is -2.47. The van der Waals surface area contributed by atoms with Gasteiger partial charge < -0.3 is 14.8 Å². The molecule has 2 saturated carbocycles. The first-order valence-electron chi connectivity index (χ1n) is 16.3. The third-order valence-corrected chi connectivity index (χ3v) is 13.0. The van der Waals surface area contributed by atoms with Gasteiger partial charge in [0.25, 0.3) is 0 Å². The van der Waals surface area contributed by atoms with Crippen LogP contribution in [0.4, 0.5) is 22.0 Å². The first kappa shape index (κ1) is 33.3. The Labute approximate surface area is 256 Å². The second kappa shape index (κ2) is 13.3. The van der Waals surface area contributed by atoms with Gasteiger partial charge in [0.1, 0.15) is 17.3 Å². The number of halogens is 5. The molecule has 1 aromatic rings. The number of aliphatic hydroxyl groups is 1. The van der Waals surface area contributed by atoms with Gasteiger partial charge in [0, 0.05) is 6.42 Å². The minimum Gasteiger partial charge on any atom is -0.616 e. The molecule has 10 heteroatoms. The van der Waals surface area contributed by atoms with E-state index in [0.717, 1.165) is 83.7 Å². The Morgan fingerprint density at radius 1 is 1.05 bits per heavy atom. The SMILES string of the molecule is C[C@]12CC[C@@H]3c4ccc(O)cc4C[C@@H](CCCCCN4CCC[C@H]4C[S+]([O-])CCCC(F)(F)C(F)(F)F)[C@H]3[C@@H]1CC[C@@H]2O. The fraction of sp³-hybridized carbons (Fsp3) is 0.818. The maximum absolute atomic E-state index is 13.2. The van der Waals surface area contributed by atoms with Crippen molar-refractivity contribution < 1.29 is 36.7 Å². The van der Waals surface area contributed by atoms with Crippen molar-refractivity contribution in [2.24, 2.45) is 23.2 Å². The van der Waals surface area contributed by atoms with Gasteiger partial charge in [-0.3, -0.25) is 4.90 Å². The third-order valence-electron chi connectivity index (χ3n) is 11.5. The van der Waals surface area contributed by atoms with Crippen LogP contribution in [-0.4, -0.2) is 68.5 Å². The number of fused-ring (bicyclic) bond motifs is 5. The zero-order valence-electron chi connectivity index (χ0n) is 25.3. The van der Waals surface area contributed by atoms with Crippen LogP contribution >= 0.6 is 0 Å². The summed E-state index contributed by atoms with van der Waals surface area (Å²) < 4.78 is 76.0. The molecule has 5 rings (SSSR count). The topological polar surface area (TPSA) is 66.8 Å². The summed E-state index contributed by atoms with van der Waals surface area (Å²) >= 11 is -1.41. The van der Waals surface area contributed by atoms with E-state index < -0.39 is 36.1 Å². The predicted molar refractivity (Wildman–Crippen MR) is 159 cm³/mol. The van der Waals surface area contributed by atoms with Crippen molar-refractivity contribution in [3.8, 4) is 5.75 Å². The highest BCUT2D eigenvalue weighted by Crippen LogP contribution is 2.62. The van der Waals surface area contributed by atoms with E-state index in [1.54, 1.807) is 0 Å². The van der Waals surface area contributed by atoms with Crippen LogP contribution in [0.25, 0.3) is 0 Å². The number of hydrogen-bond acceptors (Lipinski definition) is 4. The average molecular weight is 634 g/mol. The molecular formula is C33H48F5NO3S. The van der Waals surface area contributed by atoms with Gasteiger partial charge in [-0.1, -0.05) is 37.0 Å². The number of alkyl halides is 5. The maximum Gasteiger partial charge on any atom is 0.453 e. The first-order chi connectivity index (χ1) is 20.3. The minimum atomic E-state index is -5.56. The standard InChI is InChI=1S/C33H48F5NO3S/c1-31-15-13-27-26-10-9-25(40)20-23(26)19-22(30(27)28(31)11-12-29(31)41)7-3-2-4-16-39-17-5-8-24(39)21-43(42)18-6-14-32(34,35)33(36,37)38/h9-10,20,22,24,27-30,40-41H,2-8,11-19,21H2,1H3/t22-,24+,27-,28+,29+,30-,31+,43?/m1/s1. The lowest BCUT2D eigenvalue weighted by atomic mass is 9.52. The third kappa shape index (κ3) is 7.17. The Hall–Kier alpha value is -1.10. The average Bonchev–Trinajstić information content (AvgIpc) is 3.50. The van der Waals surface area contributed by atoms with E-state index in [2.05, 4.69) is 17.9 Å². The highest BCUT2D eigenvalue weighted by molar-refractivity contribution is 7.91. The van der Waals surface area contributed by atoms with Crippen LogP contribution in [0, 0.1) is 23.2 Å². The fourth-order valence-corrected chi connectivity index (χ4v) is 10.6. The van der Waals surface area contributed by atoms with Crippen LogP contribution in [0.1, 0.15) is 101 Å². The molecule has 4 aliphatic rings. The molecule has 0 aromatic heterocycles. The molecule has 3 aliphatic carbocycles. The van der Waals surface area contributed by atoms with E-state index in [0.29, 0.717) is 35.2 Å². The monoisotopic (exact) mass is 633 g/mol. The number of phenolic OH excluding ortho intramolecular Hbond substituents is 1. The molecule has 1 saturated heterocycles. The summed E-state index contributed by atoms with van der Waals surface area (Å²) in [6, 6.07) is 6.00. The molecular weight excluding hydrogens is 585 g/mol. The summed E-state index contributed by atoms with van der Waals surface area (Å²) in [4.78, 5) is 2.32. The van der Waals surface area contributed by atoms with Gasteiger partial charge >= 0.3 is 12.1 Å². The molecule has 43 heavy (non-hydrogen) atoms. The van der Waals surface area contributed by atoms with Gasteiger partial charge in [0.05, 0.1) is 12.1 Å². The Morgan fingerprint density at radius 3 is 2.60 bits per heavy atom. The zero-order chi connectivity index (χ0) is 31.0. The van der Waals surface area contributed by atoms with E-state index in [-0.39, 0.29) is 23.3 Å². The second-order valence-corrected chi connectivity index (χ2v) is 15.7. The van der Waals surface area contributed by atoms with Gasteiger partial charge in [-0.2, -0.15) is 22.0 Å². The largest absolute Gasteiger partial charge is 0.616 e. The summed E-state index contributed by atoms with van der Waals surface area (Å²) in [5.74, 6) is -2.09. The molecule has 1 aliphatic heterocycles. The second-order valence-electron chi connectivity index (χ2n) is 14.1. The van der Waals surface area contributed by atoms with Gasteiger partial charge in [-0.05, 0) is 130 Å². The zero-order valence-corrected chi connectivity index (χ0v) is 26.1. The van der Waals surface area contributed by atoms with Gasteiger partial charge in [0.2, 0.25) is 0 Å². The lowest BCUT2D eigenvalue weighted by molar-refractivity contribution is -0.284. The molecule has 244 valence electrons. The number of aliphatic hydroxyl groups excluding tert-OH is 1. The highest BCUT2D eigenvalue weighted by atomic mass is 32.2. The molecule has 3 fully saturated rings. The fourth-order valence-electron chi connectivity index (χ4n) is 9.20. The van der Waals surface area contributed by atoms with Crippen molar-refractivity contribution in [3.63, 3.8) is 0 Å². The lowest BCUT2D eigenvalue weighted by Gasteiger charge is -2.53. The Bertz CT molecular complexity index is 1090. The quantitative estimate of drug-likeness (QED) is 0.142. The Morgan fingerprint density at radius 2 is 1.84 bits per heavy atom. The minimum absolute atomic E-state index is 0.00209. The Kier molecular flexibility index (Phi) is 10.3. The van der Waals surface area contributed by atoms with Crippen LogP contribution < -0.4 is 0 Å². The molecule has 1 heterocycles. The van der Waals surface area contributed by atoms with Gasteiger partial charge in [-0.25, -0.2) is 0 Å². The number of phenols is 1. The molecule has 4 nitrogen and oxygen atoms in total. The maximum atomic E-state index is 13.2. The number of aromatic hydroxyl groups is 1. The molecule has 1 unspecified atom stereocenters. The smallest absolute Gasteiger partial charge is 0.453 e. The molecule has 2 N–H and O–H groups in total. The summed E-state index contributed by atoms with van der Waals surface area (Å²) in [7, 11) is 0. The molecule has 1 aromatic carbocycles. The Balaban J connectivity index is 1.10. The van der Waals surface area contributed by atoms with E-state index in [1.807, 2.05) is 12.1 Å². The summed E-state index contributed by atoms with van der Waals surface area (Å²) in [5, 5.41) is 21.1. The summed E-state index contributed by atoms with van der Waals surface area (Å²) in [6.07, 6.45) is 3.78.